The van der Waals surface area contributed by atoms with Crippen molar-refractivity contribution in [3.63, 3.8) is 0 Å². The van der Waals surface area contributed by atoms with Gasteiger partial charge < -0.3 is 14.4 Å². The highest BCUT2D eigenvalue weighted by Gasteiger charge is 2.38. The summed E-state index contributed by atoms with van der Waals surface area (Å²) >= 11 is 2.28. The topological polar surface area (TPSA) is 56.6 Å². The van der Waals surface area contributed by atoms with Gasteiger partial charge in [0.2, 0.25) is 0 Å². The first-order valence-electron chi connectivity index (χ1n) is 9.52. The smallest absolute Gasteiger partial charge is 0.335 e. The number of fused-ring (bicyclic) bond motifs is 1. The third kappa shape index (κ3) is 3.83. The second-order valence-electron chi connectivity index (χ2n) is 6.74. The molecule has 0 bridgehead atoms. The van der Waals surface area contributed by atoms with E-state index in [1.165, 1.54) is 0 Å². The number of carbonyl (C=O) groups is 1. The van der Waals surface area contributed by atoms with E-state index in [2.05, 4.69) is 32.6 Å². The van der Waals surface area contributed by atoms with Crippen molar-refractivity contribution in [2.45, 2.75) is 19.4 Å². The number of halogens is 1. The molecule has 1 aromatic heterocycles. The molecule has 0 aliphatic carbocycles. The largest absolute Gasteiger partial charge is 0.497 e. The van der Waals surface area contributed by atoms with E-state index in [1.54, 1.807) is 7.11 Å². The Morgan fingerprint density at radius 1 is 1.14 bits per heavy atom. The molecule has 29 heavy (non-hydrogen) atoms. The maximum Gasteiger partial charge on any atom is 0.335 e. The molecule has 0 N–H and O–H groups in total. The highest BCUT2D eigenvalue weighted by atomic mass is 127. The summed E-state index contributed by atoms with van der Waals surface area (Å²) in [6.45, 7) is 2.89. The van der Waals surface area contributed by atoms with Crippen LogP contribution in [0.2, 0.25) is 0 Å². The summed E-state index contributed by atoms with van der Waals surface area (Å²) in [6, 6.07) is 15.3. The van der Waals surface area contributed by atoms with Gasteiger partial charge in [-0.2, -0.15) is 5.10 Å². The van der Waals surface area contributed by atoms with Crippen molar-refractivity contribution < 1.29 is 14.3 Å². The predicted octanol–water partition coefficient (Wildman–Crippen LogP) is 4.15. The second-order valence-corrected chi connectivity index (χ2v) is 7.98. The lowest BCUT2D eigenvalue weighted by Crippen LogP contribution is -2.41. The molecule has 2 heterocycles. The Morgan fingerprint density at radius 3 is 2.48 bits per heavy atom. The van der Waals surface area contributed by atoms with Gasteiger partial charge >= 0.3 is 5.97 Å². The van der Waals surface area contributed by atoms with Crippen molar-refractivity contribution in [1.29, 1.82) is 0 Å². The van der Waals surface area contributed by atoms with Crippen molar-refractivity contribution in [2.24, 2.45) is 0 Å². The normalized spacial score (nSPS) is 15.7. The van der Waals surface area contributed by atoms with E-state index >= 15 is 0 Å². The van der Waals surface area contributed by atoms with Crippen molar-refractivity contribution in [1.82, 2.24) is 9.78 Å². The molecule has 4 rings (SSSR count). The van der Waals surface area contributed by atoms with Gasteiger partial charge in [-0.15, -0.1) is 0 Å². The number of carbonyl (C=O) groups excluding carboxylic acids is 1. The molecule has 1 atom stereocenters. The van der Waals surface area contributed by atoms with Crippen molar-refractivity contribution in [3.05, 3.63) is 69.6 Å². The van der Waals surface area contributed by atoms with Crippen LogP contribution in [-0.4, -0.2) is 36.0 Å². The van der Waals surface area contributed by atoms with Crippen LogP contribution in [-0.2, 0) is 16.0 Å². The van der Waals surface area contributed by atoms with Crippen LogP contribution in [0.3, 0.4) is 0 Å². The summed E-state index contributed by atoms with van der Waals surface area (Å²) in [5.41, 5.74) is 3.81. The lowest BCUT2D eigenvalue weighted by Gasteiger charge is -2.36. The zero-order valence-corrected chi connectivity index (χ0v) is 18.5. The first kappa shape index (κ1) is 19.8. The number of hydrogen-bond donors (Lipinski definition) is 0. The Balaban J connectivity index is 1.80. The fraction of sp³-hybridized carbons (Fsp3) is 0.273. The number of ether oxygens (including phenoxy) is 2. The Bertz CT molecular complexity index is 999. The number of nitrogens with zero attached hydrogens (tertiary/aromatic N) is 3. The van der Waals surface area contributed by atoms with Gasteiger partial charge in [-0.25, -0.2) is 9.48 Å². The maximum absolute atomic E-state index is 13.1. The quantitative estimate of drug-likeness (QED) is 0.387. The molecule has 7 heteroatoms. The van der Waals surface area contributed by atoms with Gasteiger partial charge in [0.1, 0.15) is 5.75 Å². The molecule has 0 fully saturated rings. The van der Waals surface area contributed by atoms with Crippen molar-refractivity contribution >= 4 is 34.2 Å². The second kappa shape index (κ2) is 8.44. The molecule has 0 radical (unpaired) electrons. The summed E-state index contributed by atoms with van der Waals surface area (Å²) in [5.74, 6) is 0.513. The Labute approximate surface area is 183 Å². The van der Waals surface area contributed by atoms with Crippen LogP contribution in [0, 0.1) is 3.57 Å². The fourth-order valence-corrected chi connectivity index (χ4v) is 4.05. The summed E-state index contributed by atoms with van der Waals surface area (Å²) in [6.07, 6.45) is 2.67. The average Bonchev–Trinajstić information content (AvgIpc) is 3.18. The van der Waals surface area contributed by atoms with Gasteiger partial charge in [-0.05, 0) is 90.0 Å². The number of hydrogen-bond acceptors (Lipinski definition) is 5. The van der Waals surface area contributed by atoms with Gasteiger partial charge in [0.25, 0.3) is 0 Å². The third-order valence-electron chi connectivity index (χ3n) is 5.06. The molecule has 0 saturated heterocycles. The third-order valence-corrected chi connectivity index (χ3v) is 5.78. The van der Waals surface area contributed by atoms with Crippen LogP contribution in [0.4, 0.5) is 5.69 Å². The highest BCUT2D eigenvalue weighted by molar-refractivity contribution is 14.1. The van der Waals surface area contributed by atoms with E-state index < -0.39 is 6.04 Å². The summed E-state index contributed by atoms with van der Waals surface area (Å²) in [5, 5.41) is 4.60. The van der Waals surface area contributed by atoms with Crippen LogP contribution < -0.4 is 9.64 Å². The van der Waals surface area contributed by atoms with E-state index in [1.807, 2.05) is 66.3 Å². The zero-order valence-electron chi connectivity index (χ0n) is 16.3. The number of anilines is 1. The van der Waals surface area contributed by atoms with Gasteiger partial charge in [0.05, 0.1) is 31.3 Å². The number of methoxy groups -OCH3 is 1. The molecule has 0 amide bonds. The lowest BCUT2D eigenvalue weighted by atomic mass is 9.98. The zero-order chi connectivity index (χ0) is 20.4. The summed E-state index contributed by atoms with van der Waals surface area (Å²) < 4.78 is 13.7. The van der Waals surface area contributed by atoms with E-state index in [0.29, 0.717) is 6.61 Å². The van der Waals surface area contributed by atoms with Crippen LogP contribution in [0.25, 0.3) is 5.69 Å². The van der Waals surface area contributed by atoms with E-state index in [4.69, 9.17) is 9.47 Å². The molecule has 2 aromatic carbocycles. The van der Waals surface area contributed by atoms with E-state index in [9.17, 15) is 4.79 Å². The minimum absolute atomic E-state index is 0.262. The number of aromatic nitrogens is 2. The van der Waals surface area contributed by atoms with Crippen molar-refractivity contribution in [2.75, 3.05) is 25.2 Å². The molecular formula is C22H22IN3O3. The minimum atomic E-state index is -0.552. The number of esters is 1. The summed E-state index contributed by atoms with van der Waals surface area (Å²) in [7, 11) is 1.64. The lowest BCUT2D eigenvalue weighted by molar-refractivity contribution is -0.145. The molecular weight excluding hydrogens is 481 g/mol. The van der Waals surface area contributed by atoms with Gasteiger partial charge in [0, 0.05) is 15.8 Å². The monoisotopic (exact) mass is 503 g/mol. The maximum atomic E-state index is 13.1. The molecule has 1 aliphatic heterocycles. The van der Waals surface area contributed by atoms with Crippen LogP contribution in [0.1, 0.15) is 24.2 Å². The fourth-order valence-electron chi connectivity index (χ4n) is 3.69. The molecule has 1 unspecified atom stereocenters. The van der Waals surface area contributed by atoms with Crippen molar-refractivity contribution in [3.8, 4) is 11.4 Å². The molecule has 150 valence electrons. The molecule has 1 aliphatic rings. The van der Waals surface area contributed by atoms with Gasteiger partial charge in [-0.1, -0.05) is 0 Å². The SMILES string of the molecule is CCOC(=O)C1c2c(cnn2-c2ccc(OC)cc2)CCN1c1ccc(I)cc1. The number of rotatable bonds is 5. The first-order chi connectivity index (χ1) is 14.1. The van der Waals surface area contributed by atoms with Gasteiger partial charge in [0.15, 0.2) is 6.04 Å². The molecule has 3 aromatic rings. The minimum Gasteiger partial charge on any atom is -0.497 e. The van der Waals surface area contributed by atoms with Crippen LogP contribution in [0.15, 0.2) is 54.7 Å². The first-order valence-corrected chi connectivity index (χ1v) is 10.6. The predicted molar refractivity (Wildman–Crippen MR) is 120 cm³/mol. The average molecular weight is 503 g/mol. The van der Waals surface area contributed by atoms with E-state index in [0.717, 1.165) is 44.9 Å². The standard InChI is InChI=1S/C22H22IN3O3/c1-3-29-22(27)21-20-15(12-13-25(21)17-6-4-16(23)5-7-17)14-24-26(20)18-8-10-19(28-2)11-9-18/h4-11,14,21H,3,12-13H2,1-2H3. The Morgan fingerprint density at radius 2 is 1.83 bits per heavy atom. The van der Waals surface area contributed by atoms with Crippen LogP contribution in [0.5, 0.6) is 5.75 Å². The molecule has 6 nitrogen and oxygen atoms in total. The number of benzene rings is 2. The van der Waals surface area contributed by atoms with Crippen LogP contribution >= 0.6 is 22.6 Å². The van der Waals surface area contributed by atoms with Gasteiger partial charge in [-0.3, -0.25) is 0 Å². The molecule has 0 saturated carbocycles. The highest BCUT2D eigenvalue weighted by Crippen LogP contribution is 2.36. The molecule has 0 spiro atoms. The summed E-state index contributed by atoms with van der Waals surface area (Å²) in [4.78, 5) is 15.2. The Hall–Kier alpha value is -2.55. The van der Waals surface area contributed by atoms with E-state index in [-0.39, 0.29) is 5.97 Å². The Kier molecular flexibility index (Phi) is 5.75.